The lowest BCUT2D eigenvalue weighted by Crippen LogP contribution is -2.44. The van der Waals surface area contributed by atoms with Gasteiger partial charge in [-0.3, -0.25) is 9.79 Å². The van der Waals surface area contributed by atoms with Gasteiger partial charge in [0.05, 0.1) is 6.54 Å². The van der Waals surface area contributed by atoms with Crippen molar-refractivity contribution in [3.8, 4) is 0 Å². The summed E-state index contributed by atoms with van der Waals surface area (Å²) in [5, 5.41) is 5.71. The lowest BCUT2D eigenvalue weighted by Gasteiger charge is -2.27. The summed E-state index contributed by atoms with van der Waals surface area (Å²) in [6, 6.07) is 0. The number of rotatable bonds is 4. The van der Waals surface area contributed by atoms with Gasteiger partial charge < -0.3 is 15.5 Å². The van der Waals surface area contributed by atoms with Gasteiger partial charge in [-0.05, 0) is 24.7 Å². The Kier molecular flexibility index (Phi) is 8.36. The number of carbonyl (C=O) groups is 1. The number of likely N-dealkylation sites (tertiary alicyclic amines) is 1. The number of halogens is 1. The summed E-state index contributed by atoms with van der Waals surface area (Å²) >= 11 is 0. The molecular weight excluding hydrogens is 355 g/mol. The average molecular weight is 382 g/mol. The van der Waals surface area contributed by atoms with Gasteiger partial charge in [0, 0.05) is 27.2 Å². The number of carbonyl (C=O) groups excluding carboxylic acids is 1. The maximum atomic E-state index is 11.2. The largest absolute Gasteiger partial charge is 0.358 e. The molecule has 1 amide bonds. The molecule has 1 aliphatic heterocycles. The third-order valence-corrected chi connectivity index (χ3v) is 4.14. The Morgan fingerprint density at radius 2 is 2.00 bits per heavy atom. The van der Waals surface area contributed by atoms with Gasteiger partial charge in [0.25, 0.3) is 0 Å². The minimum Gasteiger partial charge on any atom is -0.358 e. The minimum atomic E-state index is -0.0207. The molecule has 0 aromatic heterocycles. The van der Waals surface area contributed by atoms with Gasteiger partial charge in [-0.1, -0.05) is 13.8 Å². The Bertz CT molecular complexity index is 316. The van der Waals surface area contributed by atoms with Crippen molar-refractivity contribution < 1.29 is 4.79 Å². The van der Waals surface area contributed by atoms with Crippen LogP contribution >= 0.6 is 24.0 Å². The van der Waals surface area contributed by atoms with E-state index in [-0.39, 0.29) is 36.4 Å². The smallest absolute Gasteiger partial charge is 0.239 e. The minimum absolute atomic E-state index is 0. The van der Waals surface area contributed by atoms with E-state index in [1.54, 1.807) is 14.1 Å². The number of hydrogen-bond acceptors (Lipinski definition) is 2. The van der Waals surface area contributed by atoms with E-state index >= 15 is 0 Å². The zero-order valence-electron chi connectivity index (χ0n) is 12.5. The fourth-order valence-electron chi connectivity index (χ4n) is 2.52. The van der Waals surface area contributed by atoms with Gasteiger partial charge in [0.2, 0.25) is 5.91 Å². The van der Waals surface area contributed by atoms with Gasteiger partial charge >= 0.3 is 0 Å². The molecule has 0 unspecified atom stereocenters. The van der Waals surface area contributed by atoms with Crippen molar-refractivity contribution >= 4 is 35.8 Å². The van der Waals surface area contributed by atoms with Crippen LogP contribution in [0, 0.1) is 5.41 Å². The highest BCUT2D eigenvalue weighted by molar-refractivity contribution is 14.0. The third kappa shape index (κ3) is 4.81. The second-order valence-corrected chi connectivity index (χ2v) is 4.95. The topological polar surface area (TPSA) is 56.7 Å². The maximum Gasteiger partial charge on any atom is 0.239 e. The van der Waals surface area contributed by atoms with Crippen molar-refractivity contribution in [1.82, 2.24) is 15.5 Å². The number of guanidine groups is 1. The molecule has 0 spiro atoms. The van der Waals surface area contributed by atoms with Gasteiger partial charge in [0.15, 0.2) is 5.96 Å². The quantitative estimate of drug-likeness (QED) is 0.440. The van der Waals surface area contributed by atoms with E-state index in [9.17, 15) is 4.79 Å². The molecule has 19 heavy (non-hydrogen) atoms. The van der Waals surface area contributed by atoms with E-state index in [1.165, 1.54) is 19.3 Å². The molecule has 0 atom stereocenters. The SMILES string of the molecule is CCC1(CC)CCN(C(=NC)NCC(=O)NC)C1.I. The molecular formula is C13H27IN4O. The van der Waals surface area contributed by atoms with Crippen LogP contribution in [0.5, 0.6) is 0 Å². The number of hydrogen-bond donors (Lipinski definition) is 2. The van der Waals surface area contributed by atoms with Crippen molar-refractivity contribution in [3.05, 3.63) is 0 Å². The summed E-state index contributed by atoms with van der Waals surface area (Å²) in [4.78, 5) is 17.8. The second-order valence-electron chi connectivity index (χ2n) is 4.95. The molecule has 6 heteroatoms. The van der Waals surface area contributed by atoms with Crippen LogP contribution in [-0.4, -0.2) is 50.5 Å². The molecule has 0 saturated carbocycles. The van der Waals surface area contributed by atoms with E-state index in [0.717, 1.165) is 19.0 Å². The predicted octanol–water partition coefficient (Wildman–Crippen LogP) is 1.44. The molecule has 2 N–H and O–H groups in total. The van der Waals surface area contributed by atoms with Crippen molar-refractivity contribution in [1.29, 1.82) is 0 Å². The summed E-state index contributed by atoms with van der Waals surface area (Å²) in [7, 11) is 3.41. The monoisotopic (exact) mass is 382 g/mol. The number of amides is 1. The van der Waals surface area contributed by atoms with Crippen LogP contribution in [-0.2, 0) is 4.79 Å². The first-order chi connectivity index (χ1) is 8.60. The number of nitrogens with one attached hydrogen (secondary N) is 2. The molecule has 1 heterocycles. The fraction of sp³-hybridized carbons (Fsp3) is 0.846. The van der Waals surface area contributed by atoms with Crippen LogP contribution in [0.3, 0.4) is 0 Å². The van der Waals surface area contributed by atoms with Gasteiger partial charge in [0.1, 0.15) is 0 Å². The zero-order chi connectivity index (χ0) is 13.6. The first-order valence-corrected chi connectivity index (χ1v) is 6.77. The standard InChI is InChI=1S/C13H26N4O.HI/c1-5-13(6-2)7-8-17(10-13)12(15-4)16-9-11(18)14-3;/h5-10H2,1-4H3,(H,14,18)(H,15,16);1H. The average Bonchev–Trinajstić information content (AvgIpc) is 2.84. The van der Waals surface area contributed by atoms with Gasteiger partial charge in [-0.2, -0.15) is 0 Å². The van der Waals surface area contributed by atoms with Crippen LogP contribution in [0.2, 0.25) is 0 Å². The lowest BCUT2D eigenvalue weighted by atomic mass is 9.82. The van der Waals surface area contributed by atoms with Gasteiger partial charge in [-0.15, -0.1) is 24.0 Å². The first-order valence-electron chi connectivity index (χ1n) is 6.77. The van der Waals surface area contributed by atoms with E-state index in [0.29, 0.717) is 5.41 Å². The van der Waals surface area contributed by atoms with Crippen LogP contribution in [0.25, 0.3) is 0 Å². The second kappa shape index (κ2) is 8.60. The predicted molar refractivity (Wildman–Crippen MR) is 90.0 cm³/mol. The van der Waals surface area contributed by atoms with Crippen LogP contribution in [0.1, 0.15) is 33.1 Å². The Hall–Kier alpha value is -0.530. The normalized spacial score (nSPS) is 17.9. The van der Waals surface area contributed by atoms with E-state index < -0.39 is 0 Å². The molecule has 0 aliphatic carbocycles. The Morgan fingerprint density at radius 3 is 2.42 bits per heavy atom. The third-order valence-electron chi connectivity index (χ3n) is 4.14. The lowest BCUT2D eigenvalue weighted by molar-refractivity contribution is -0.119. The fourth-order valence-corrected chi connectivity index (χ4v) is 2.52. The Morgan fingerprint density at radius 1 is 1.37 bits per heavy atom. The number of likely N-dealkylation sites (N-methyl/N-ethyl adjacent to an activating group) is 1. The Balaban J connectivity index is 0.00000324. The summed E-state index contributed by atoms with van der Waals surface area (Å²) in [5.41, 5.74) is 0.421. The van der Waals surface area contributed by atoms with E-state index in [2.05, 4.69) is 34.4 Å². The molecule has 0 radical (unpaired) electrons. The van der Waals surface area contributed by atoms with Crippen molar-refractivity contribution in [3.63, 3.8) is 0 Å². The number of nitrogens with zero attached hydrogens (tertiary/aromatic N) is 2. The highest BCUT2D eigenvalue weighted by Crippen LogP contribution is 2.36. The van der Waals surface area contributed by atoms with Crippen LogP contribution < -0.4 is 10.6 Å². The Labute approximate surface area is 133 Å². The molecule has 0 aromatic rings. The highest BCUT2D eigenvalue weighted by Gasteiger charge is 2.36. The first kappa shape index (κ1) is 18.5. The maximum absolute atomic E-state index is 11.2. The van der Waals surface area contributed by atoms with E-state index in [1.807, 2.05) is 0 Å². The molecule has 1 fully saturated rings. The molecule has 1 aliphatic rings. The van der Waals surface area contributed by atoms with E-state index in [4.69, 9.17) is 0 Å². The summed E-state index contributed by atoms with van der Waals surface area (Å²) in [5.74, 6) is 0.815. The van der Waals surface area contributed by atoms with Crippen molar-refractivity contribution in [2.45, 2.75) is 33.1 Å². The summed E-state index contributed by atoms with van der Waals surface area (Å²) in [6.07, 6.45) is 3.61. The highest BCUT2D eigenvalue weighted by atomic mass is 127. The molecule has 112 valence electrons. The molecule has 1 rings (SSSR count). The van der Waals surface area contributed by atoms with Crippen LogP contribution in [0.15, 0.2) is 4.99 Å². The molecule has 1 saturated heterocycles. The zero-order valence-corrected chi connectivity index (χ0v) is 14.8. The van der Waals surface area contributed by atoms with Crippen LogP contribution in [0.4, 0.5) is 0 Å². The molecule has 0 aromatic carbocycles. The van der Waals surface area contributed by atoms with Gasteiger partial charge in [-0.25, -0.2) is 0 Å². The molecule has 0 bridgehead atoms. The number of aliphatic imine (C=N–C) groups is 1. The van der Waals surface area contributed by atoms with Crippen molar-refractivity contribution in [2.24, 2.45) is 10.4 Å². The van der Waals surface area contributed by atoms with Crippen molar-refractivity contribution in [2.75, 3.05) is 33.7 Å². The summed E-state index contributed by atoms with van der Waals surface area (Å²) in [6.45, 7) is 6.86. The summed E-state index contributed by atoms with van der Waals surface area (Å²) < 4.78 is 0. The molecule has 5 nitrogen and oxygen atoms in total.